The van der Waals surface area contributed by atoms with E-state index in [1.165, 1.54) is 6.26 Å². The van der Waals surface area contributed by atoms with Gasteiger partial charge in [0, 0.05) is 18.6 Å². The SMILES string of the molecule is CCCNC(C)C1CCCCN1S(C)(=O)=O. The quantitative estimate of drug-likeness (QED) is 0.795. The van der Waals surface area contributed by atoms with E-state index in [2.05, 4.69) is 19.2 Å². The molecule has 0 saturated carbocycles. The van der Waals surface area contributed by atoms with Crippen molar-refractivity contribution in [1.29, 1.82) is 0 Å². The van der Waals surface area contributed by atoms with E-state index in [0.717, 1.165) is 32.2 Å². The Balaban J connectivity index is 2.66. The summed E-state index contributed by atoms with van der Waals surface area (Å²) in [7, 11) is -3.05. The average Bonchev–Trinajstić information content (AvgIpc) is 2.24. The van der Waals surface area contributed by atoms with Crippen LogP contribution in [0.4, 0.5) is 0 Å². The summed E-state index contributed by atoms with van der Waals surface area (Å²) < 4.78 is 25.0. The van der Waals surface area contributed by atoms with Crippen molar-refractivity contribution in [3.8, 4) is 0 Å². The maximum Gasteiger partial charge on any atom is 0.211 e. The Morgan fingerprint density at radius 1 is 1.44 bits per heavy atom. The summed E-state index contributed by atoms with van der Waals surface area (Å²) in [4.78, 5) is 0. The van der Waals surface area contributed by atoms with Crippen molar-refractivity contribution in [2.75, 3.05) is 19.3 Å². The average molecular weight is 248 g/mol. The summed E-state index contributed by atoms with van der Waals surface area (Å²) in [5.41, 5.74) is 0. The Morgan fingerprint density at radius 2 is 2.12 bits per heavy atom. The Morgan fingerprint density at radius 3 is 2.69 bits per heavy atom. The third-order valence-corrected chi connectivity index (χ3v) is 4.52. The molecular weight excluding hydrogens is 224 g/mol. The molecule has 1 N–H and O–H groups in total. The van der Waals surface area contributed by atoms with Crippen molar-refractivity contribution in [3.05, 3.63) is 0 Å². The molecule has 1 aliphatic heterocycles. The van der Waals surface area contributed by atoms with Crippen molar-refractivity contribution >= 4 is 10.0 Å². The monoisotopic (exact) mass is 248 g/mol. The van der Waals surface area contributed by atoms with Crippen LogP contribution in [-0.4, -0.2) is 44.2 Å². The van der Waals surface area contributed by atoms with Crippen LogP contribution >= 0.6 is 0 Å². The predicted octanol–water partition coefficient (Wildman–Crippen LogP) is 1.19. The minimum atomic E-state index is -3.05. The first-order chi connectivity index (χ1) is 7.46. The first kappa shape index (κ1) is 13.9. The fourth-order valence-electron chi connectivity index (χ4n) is 2.35. The van der Waals surface area contributed by atoms with E-state index in [1.54, 1.807) is 4.31 Å². The largest absolute Gasteiger partial charge is 0.313 e. The van der Waals surface area contributed by atoms with Crippen LogP contribution in [0.25, 0.3) is 0 Å². The molecular formula is C11H24N2O2S. The Hall–Kier alpha value is -0.130. The Labute approximate surface area is 99.5 Å². The first-order valence-corrected chi connectivity index (χ1v) is 8.02. The second-order valence-electron chi connectivity index (χ2n) is 4.68. The molecule has 1 saturated heterocycles. The van der Waals surface area contributed by atoms with Crippen LogP contribution in [0.1, 0.15) is 39.5 Å². The summed E-state index contributed by atoms with van der Waals surface area (Å²) >= 11 is 0. The highest BCUT2D eigenvalue weighted by atomic mass is 32.2. The number of hydrogen-bond donors (Lipinski definition) is 1. The van der Waals surface area contributed by atoms with Gasteiger partial charge in [-0.25, -0.2) is 8.42 Å². The fourth-order valence-corrected chi connectivity index (χ4v) is 3.59. The molecule has 0 bridgehead atoms. The molecule has 1 rings (SSSR count). The van der Waals surface area contributed by atoms with Crippen LogP contribution < -0.4 is 5.32 Å². The van der Waals surface area contributed by atoms with E-state index in [4.69, 9.17) is 0 Å². The normalized spacial score (nSPS) is 25.6. The lowest BCUT2D eigenvalue weighted by Gasteiger charge is -2.37. The zero-order valence-corrected chi connectivity index (χ0v) is 11.4. The second-order valence-corrected chi connectivity index (χ2v) is 6.61. The second kappa shape index (κ2) is 5.98. The number of piperidine rings is 1. The zero-order valence-electron chi connectivity index (χ0n) is 10.6. The number of rotatable bonds is 5. The van der Waals surface area contributed by atoms with E-state index in [-0.39, 0.29) is 12.1 Å². The minimum absolute atomic E-state index is 0.135. The van der Waals surface area contributed by atoms with Gasteiger partial charge in [0.15, 0.2) is 0 Å². The Kier molecular flexibility index (Phi) is 5.21. The van der Waals surface area contributed by atoms with Gasteiger partial charge < -0.3 is 5.32 Å². The van der Waals surface area contributed by atoms with Gasteiger partial charge in [-0.3, -0.25) is 0 Å². The summed E-state index contributed by atoms with van der Waals surface area (Å²) in [6.07, 6.45) is 5.50. The molecule has 1 aliphatic rings. The van der Waals surface area contributed by atoms with Gasteiger partial charge >= 0.3 is 0 Å². The molecule has 2 atom stereocenters. The van der Waals surface area contributed by atoms with E-state index in [9.17, 15) is 8.42 Å². The molecule has 16 heavy (non-hydrogen) atoms. The van der Waals surface area contributed by atoms with Crippen molar-refractivity contribution in [2.24, 2.45) is 0 Å². The van der Waals surface area contributed by atoms with E-state index in [0.29, 0.717) is 6.54 Å². The predicted molar refractivity (Wildman–Crippen MR) is 66.9 cm³/mol. The summed E-state index contributed by atoms with van der Waals surface area (Å²) in [5.74, 6) is 0. The van der Waals surface area contributed by atoms with Gasteiger partial charge in [0.25, 0.3) is 0 Å². The number of nitrogens with one attached hydrogen (secondary N) is 1. The molecule has 1 fully saturated rings. The van der Waals surface area contributed by atoms with Gasteiger partial charge in [0.2, 0.25) is 10.0 Å². The van der Waals surface area contributed by atoms with Crippen molar-refractivity contribution in [1.82, 2.24) is 9.62 Å². The standard InChI is InChI=1S/C11H24N2O2S/c1-4-8-12-10(2)11-7-5-6-9-13(11)16(3,14)15/h10-12H,4-9H2,1-3H3. The van der Waals surface area contributed by atoms with Crippen LogP contribution in [0.5, 0.6) is 0 Å². The molecule has 5 heteroatoms. The third kappa shape index (κ3) is 3.71. The van der Waals surface area contributed by atoms with Crippen molar-refractivity contribution in [3.63, 3.8) is 0 Å². The van der Waals surface area contributed by atoms with Gasteiger partial charge in [-0.15, -0.1) is 0 Å². The number of nitrogens with zero attached hydrogens (tertiary/aromatic N) is 1. The highest BCUT2D eigenvalue weighted by Crippen LogP contribution is 2.22. The zero-order chi connectivity index (χ0) is 12.2. The molecule has 2 unspecified atom stereocenters. The highest BCUT2D eigenvalue weighted by molar-refractivity contribution is 7.88. The maximum absolute atomic E-state index is 11.7. The molecule has 0 aromatic heterocycles. The molecule has 0 spiro atoms. The molecule has 96 valence electrons. The maximum atomic E-state index is 11.7. The van der Waals surface area contributed by atoms with Crippen LogP contribution in [0, 0.1) is 0 Å². The van der Waals surface area contributed by atoms with E-state index in [1.807, 2.05) is 0 Å². The molecule has 4 nitrogen and oxygen atoms in total. The molecule has 0 radical (unpaired) electrons. The van der Waals surface area contributed by atoms with Gasteiger partial charge in [0.1, 0.15) is 0 Å². The van der Waals surface area contributed by atoms with Crippen LogP contribution in [0.15, 0.2) is 0 Å². The van der Waals surface area contributed by atoms with Crippen LogP contribution in [-0.2, 0) is 10.0 Å². The smallest absolute Gasteiger partial charge is 0.211 e. The molecule has 1 heterocycles. The highest BCUT2D eigenvalue weighted by Gasteiger charge is 2.32. The Bertz CT molecular complexity index is 303. The van der Waals surface area contributed by atoms with Crippen molar-refractivity contribution in [2.45, 2.75) is 51.6 Å². The lowest BCUT2D eigenvalue weighted by atomic mass is 9.99. The van der Waals surface area contributed by atoms with Gasteiger partial charge in [-0.05, 0) is 32.7 Å². The molecule has 0 aromatic rings. The molecule has 0 amide bonds. The van der Waals surface area contributed by atoms with E-state index < -0.39 is 10.0 Å². The van der Waals surface area contributed by atoms with Gasteiger partial charge in [-0.2, -0.15) is 4.31 Å². The minimum Gasteiger partial charge on any atom is -0.313 e. The van der Waals surface area contributed by atoms with Crippen LogP contribution in [0.3, 0.4) is 0 Å². The van der Waals surface area contributed by atoms with E-state index >= 15 is 0 Å². The summed E-state index contributed by atoms with van der Waals surface area (Å²) in [6, 6.07) is 0.380. The number of hydrogen-bond acceptors (Lipinski definition) is 3. The van der Waals surface area contributed by atoms with Crippen molar-refractivity contribution < 1.29 is 8.42 Å². The summed E-state index contributed by atoms with van der Waals surface area (Å²) in [6.45, 7) is 5.84. The van der Waals surface area contributed by atoms with Gasteiger partial charge in [0.05, 0.1) is 6.26 Å². The number of sulfonamides is 1. The van der Waals surface area contributed by atoms with Crippen LogP contribution in [0.2, 0.25) is 0 Å². The lowest BCUT2D eigenvalue weighted by molar-refractivity contribution is 0.210. The molecule has 0 aromatic carbocycles. The molecule has 0 aliphatic carbocycles. The summed E-state index contributed by atoms with van der Waals surface area (Å²) in [5, 5.41) is 3.40. The lowest BCUT2D eigenvalue weighted by Crippen LogP contribution is -2.52. The topological polar surface area (TPSA) is 49.4 Å². The third-order valence-electron chi connectivity index (χ3n) is 3.22. The fraction of sp³-hybridized carbons (Fsp3) is 1.00. The first-order valence-electron chi connectivity index (χ1n) is 6.17. The van der Waals surface area contributed by atoms with Gasteiger partial charge in [-0.1, -0.05) is 13.3 Å².